The second kappa shape index (κ2) is 6.99. The standard InChI is InChI=1S/C15H15NO4S/c1-3-19-14(17)13(15(18)20-4-2)16-11-9-21-12-8-6-5-7-10(11)12/h5-9H,3-4H2,1-2H3. The van der Waals surface area contributed by atoms with E-state index in [-0.39, 0.29) is 18.9 Å². The van der Waals surface area contributed by atoms with Crippen LogP contribution in [-0.4, -0.2) is 30.9 Å². The monoisotopic (exact) mass is 305 g/mol. The van der Waals surface area contributed by atoms with Gasteiger partial charge < -0.3 is 9.47 Å². The molecule has 5 nitrogen and oxygen atoms in total. The van der Waals surface area contributed by atoms with Crippen molar-refractivity contribution in [1.29, 1.82) is 0 Å². The van der Waals surface area contributed by atoms with E-state index in [4.69, 9.17) is 9.47 Å². The lowest BCUT2D eigenvalue weighted by molar-refractivity contribution is -0.140. The van der Waals surface area contributed by atoms with E-state index in [0.29, 0.717) is 5.69 Å². The first-order valence-electron chi connectivity index (χ1n) is 6.56. The van der Waals surface area contributed by atoms with Crippen LogP contribution in [0.1, 0.15) is 13.8 Å². The number of fused-ring (bicyclic) bond motifs is 1. The van der Waals surface area contributed by atoms with Crippen molar-refractivity contribution in [3.05, 3.63) is 29.6 Å². The Kier molecular flexibility index (Phi) is 5.05. The molecule has 2 aromatic rings. The number of hydrogen-bond acceptors (Lipinski definition) is 6. The number of benzene rings is 1. The molecule has 0 fully saturated rings. The maximum Gasteiger partial charge on any atom is 0.364 e. The van der Waals surface area contributed by atoms with Crippen molar-refractivity contribution in [3.8, 4) is 0 Å². The lowest BCUT2D eigenvalue weighted by Crippen LogP contribution is -2.28. The van der Waals surface area contributed by atoms with Gasteiger partial charge in [-0.25, -0.2) is 14.6 Å². The number of thiophene rings is 1. The Morgan fingerprint density at radius 3 is 2.33 bits per heavy atom. The molecule has 1 aromatic carbocycles. The number of carbonyl (C=O) groups excluding carboxylic acids is 2. The maximum atomic E-state index is 11.9. The number of ether oxygens (including phenoxy) is 2. The van der Waals surface area contributed by atoms with E-state index in [9.17, 15) is 9.59 Å². The molecule has 6 heteroatoms. The van der Waals surface area contributed by atoms with Crippen LogP contribution in [0.25, 0.3) is 10.1 Å². The third-order valence-corrected chi connectivity index (χ3v) is 3.58. The zero-order valence-corrected chi connectivity index (χ0v) is 12.6. The third-order valence-electron chi connectivity index (χ3n) is 2.63. The third kappa shape index (κ3) is 3.46. The van der Waals surface area contributed by atoms with Crippen LogP contribution in [0.15, 0.2) is 34.6 Å². The molecule has 0 atom stereocenters. The summed E-state index contributed by atoms with van der Waals surface area (Å²) >= 11 is 1.49. The minimum Gasteiger partial charge on any atom is -0.461 e. The first-order valence-corrected chi connectivity index (χ1v) is 7.44. The molecule has 0 saturated heterocycles. The average molecular weight is 305 g/mol. The number of hydrogen-bond donors (Lipinski definition) is 0. The summed E-state index contributed by atoms with van der Waals surface area (Å²) in [5, 5.41) is 2.68. The molecule has 0 aliphatic rings. The average Bonchev–Trinajstić information content (AvgIpc) is 2.88. The van der Waals surface area contributed by atoms with Crippen molar-refractivity contribution in [2.24, 2.45) is 4.99 Å². The summed E-state index contributed by atoms with van der Waals surface area (Å²) in [6.07, 6.45) is 0. The van der Waals surface area contributed by atoms with Crippen LogP contribution in [0, 0.1) is 0 Å². The number of esters is 2. The van der Waals surface area contributed by atoms with Gasteiger partial charge >= 0.3 is 11.9 Å². The summed E-state index contributed by atoms with van der Waals surface area (Å²) in [6.45, 7) is 3.67. The highest BCUT2D eigenvalue weighted by molar-refractivity contribution is 7.17. The molecule has 1 heterocycles. The van der Waals surface area contributed by atoms with Gasteiger partial charge in [-0.15, -0.1) is 11.3 Å². The first kappa shape index (κ1) is 15.2. The Labute approximate surface area is 126 Å². The van der Waals surface area contributed by atoms with Gasteiger partial charge in [0.15, 0.2) is 0 Å². The fourth-order valence-corrected chi connectivity index (χ4v) is 2.62. The predicted molar refractivity (Wildman–Crippen MR) is 82.2 cm³/mol. The van der Waals surface area contributed by atoms with E-state index in [2.05, 4.69) is 4.99 Å². The van der Waals surface area contributed by atoms with Crippen LogP contribution in [0.2, 0.25) is 0 Å². The van der Waals surface area contributed by atoms with Gasteiger partial charge in [0.1, 0.15) is 0 Å². The molecule has 1 aromatic heterocycles. The van der Waals surface area contributed by atoms with Crippen LogP contribution in [-0.2, 0) is 19.1 Å². The lowest BCUT2D eigenvalue weighted by atomic mass is 10.2. The minimum absolute atomic E-state index is 0.168. The van der Waals surface area contributed by atoms with Crippen LogP contribution < -0.4 is 0 Å². The van der Waals surface area contributed by atoms with Gasteiger partial charge in [0, 0.05) is 15.5 Å². The molecule has 0 bridgehead atoms. The van der Waals surface area contributed by atoms with Crippen molar-refractivity contribution >= 4 is 44.8 Å². The molecule has 0 N–H and O–H groups in total. The first-order chi connectivity index (χ1) is 10.2. The van der Waals surface area contributed by atoms with Gasteiger partial charge in [0.25, 0.3) is 0 Å². The molecule has 0 spiro atoms. The summed E-state index contributed by atoms with van der Waals surface area (Å²) in [5.41, 5.74) is 0.231. The number of aliphatic imine (C=N–C) groups is 1. The van der Waals surface area contributed by atoms with Crippen molar-refractivity contribution < 1.29 is 19.1 Å². The Bertz CT molecular complexity index is 670. The summed E-state index contributed by atoms with van der Waals surface area (Å²) in [4.78, 5) is 27.9. The minimum atomic E-state index is -0.772. The van der Waals surface area contributed by atoms with Crippen LogP contribution in [0.5, 0.6) is 0 Å². The van der Waals surface area contributed by atoms with E-state index in [1.165, 1.54) is 11.3 Å². The second-order valence-corrected chi connectivity index (χ2v) is 4.93. The van der Waals surface area contributed by atoms with Crippen LogP contribution in [0.4, 0.5) is 5.69 Å². The lowest BCUT2D eigenvalue weighted by Gasteiger charge is -2.05. The Morgan fingerprint density at radius 2 is 1.71 bits per heavy atom. The van der Waals surface area contributed by atoms with Crippen molar-refractivity contribution in [2.75, 3.05) is 13.2 Å². The SMILES string of the molecule is CCOC(=O)C(=Nc1csc2ccccc12)C(=O)OCC. The highest BCUT2D eigenvalue weighted by Crippen LogP contribution is 2.32. The molecule has 21 heavy (non-hydrogen) atoms. The quantitative estimate of drug-likeness (QED) is 0.484. The molecular formula is C15H15NO4S. The Balaban J connectivity index is 2.44. The molecule has 0 amide bonds. The summed E-state index contributed by atoms with van der Waals surface area (Å²) in [7, 11) is 0. The smallest absolute Gasteiger partial charge is 0.364 e. The van der Waals surface area contributed by atoms with Crippen molar-refractivity contribution in [1.82, 2.24) is 0 Å². The zero-order chi connectivity index (χ0) is 15.2. The fraction of sp³-hybridized carbons (Fsp3) is 0.267. The highest BCUT2D eigenvalue weighted by Gasteiger charge is 2.24. The number of nitrogens with zero attached hydrogens (tertiary/aromatic N) is 1. The van der Waals surface area contributed by atoms with Crippen molar-refractivity contribution in [2.45, 2.75) is 13.8 Å². The van der Waals surface area contributed by atoms with Gasteiger partial charge in [0.05, 0.1) is 18.9 Å². The summed E-state index contributed by atoms with van der Waals surface area (Å²) in [5.74, 6) is -1.54. The van der Waals surface area contributed by atoms with Gasteiger partial charge in [-0.3, -0.25) is 0 Å². The van der Waals surface area contributed by atoms with Crippen molar-refractivity contribution in [3.63, 3.8) is 0 Å². The predicted octanol–water partition coefficient (Wildman–Crippen LogP) is 3.10. The number of rotatable bonds is 5. The van der Waals surface area contributed by atoms with E-state index in [0.717, 1.165) is 10.1 Å². The molecule has 0 saturated carbocycles. The molecule has 0 unspecified atom stereocenters. The Hall–Kier alpha value is -2.21. The molecule has 0 aliphatic heterocycles. The van der Waals surface area contributed by atoms with Crippen LogP contribution in [0.3, 0.4) is 0 Å². The second-order valence-electron chi connectivity index (χ2n) is 4.02. The van der Waals surface area contributed by atoms with Gasteiger partial charge in [-0.05, 0) is 19.9 Å². The largest absolute Gasteiger partial charge is 0.461 e. The maximum absolute atomic E-state index is 11.9. The summed E-state index contributed by atoms with van der Waals surface area (Å²) in [6, 6.07) is 7.64. The fourth-order valence-electron chi connectivity index (χ4n) is 1.74. The molecule has 0 radical (unpaired) electrons. The van der Waals surface area contributed by atoms with E-state index < -0.39 is 11.9 Å². The van der Waals surface area contributed by atoms with Gasteiger partial charge in [-0.1, -0.05) is 18.2 Å². The molecular weight excluding hydrogens is 290 g/mol. The zero-order valence-electron chi connectivity index (χ0n) is 11.8. The van der Waals surface area contributed by atoms with E-state index >= 15 is 0 Å². The Morgan fingerprint density at radius 1 is 1.10 bits per heavy atom. The molecule has 110 valence electrons. The van der Waals surface area contributed by atoms with Gasteiger partial charge in [0.2, 0.25) is 5.71 Å². The topological polar surface area (TPSA) is 65.0 Å². The number of carbonyl (C=O) groups is 2. The van der Waals surface area contributed by atoms with E-state index in [1.807, 2.05) is 24.3 Å². The summed E-state index contributed by atoms with van der Waals surface area (Å²) < 4.78 is 10.8. The van der Waals surface area contributed by atoms with Crippen LogP contribution >= 0.6 is 11.3 Å². The molecule has 2 rings (SSSR count). The highest BCUT2D eigenvalue weighted by atomic mass is 32.1. The normalized spacial score (nSPS) is 10.2. The molecule has 0 aliphatic carbocycles. The van der Waals surface area contributed by atoms with Gasteiger partial charge in [-0.2, -0.15) is 0 Å². The van der Waals surface area contributed by atoms with E-state index in [1.54, 1.807) is 19.2 Å².